The first-order valence-electron chi connectivity index (χ1n) is 8.87. The molecule has 1 aromatic rings. The molecule has 1 heterocycles. The maximum absolute atomic E-state index is 12.3. The van der Waals surface area contributed by atoms with E-state index in [0.717, 1.165) is 38.0 Å². The summed E-state index contributed by atoms with van der Waals surface area (Å²) in [6.45, 7) is 7.04. The normalized spacial score (nSPS) is 23.9. The lowest BCUT2D eigenvalue weighted by Crippen LogP contribution is -2.42. The van der Waals surface area contributed by atoms with E-state index in [2.05, 4.69) is 29.8 Å². The number of anilines is 1. The van der Waals surface area contributed by atoms with E-state index in [1.54, 1.807) is 24.3 Å². The van der Waals surface area contributed by atoms with Crippen molar-refractivity contribution in [3.05, 3.63) is 29.8 Å². The fourth-order valence-corrected chi connectivity index (χ4v) is 3.23. The molecule has 2 fully saturated rings. The largest absolute Gasteiger partial charge is 0.351 e. The molecule has 6 heteroatoms. The van der Waals surface area contributed by atoms with Crippen LogP contribution in [0.5, 0.6) is 0 Å². The number of rotatable bonds is 5. The molecule has 2 amide bonds. The van der Waals surface area contributed by atoms with Crippen molar-refractivity contribution in [2.45, 2.75) is 33.1 Å². The second-order valence-electron chi connectivity index (χ2n) is 7.63. The molecule has 3 rings (SSSR count). The molecular formula is C19H28ClN3O2. The van der Waals surface area contributed by atoms with Crippen molar-refractivity contribution < 1.29 is 9.59 Å². The average molecular weight is 366 g/mol. The van der Waals surface area contributed by atoms with Crippen LogP contribution in [0.4, 0.5) is 5.69 Å². The summed E-state index contributed by atoms with van der Waals surface area (Å²) in [6, 6.07) is 7.14. The molecular weight excluding hydrogens is 338 g/mol. The fraction of sp³-hybridized carbons (Fsp3) is 0.579. The number of amides is 2. The van der Waals surface area contributed by atoms with Gasteiger partial charge in [-0.1, -0.05) is 13.8 Å². The van der Waals surface area contributed by atoms with Gasteiger partial charge in [-0.25, -0.2) is 0 Å². The molecule has 0 aromatic heterocycles. The van der Waals surface area contributed by atoms with Crippen molar-refractivity contribution in [1.29, 1.82) is 0 Å². The predicted molar refractivity (Wildman–Crippen MR) is 102 cm³/mol. The summed E-state index contributed by atoms with van der Waals surface area (Å²) in [7, 11) is 0. The van der Waals surface area contributed by atoms with Crippen LogP contribution in [0.2, 0.25) is 0 Å². The van der Waals surface area contributed by atoms with Crippen LogP contribution in [0.15, 0.2) is 24.3 Å². The quantitative estimate of drug-likeness (QED) is 0.751. The molecule has 138 valence electrons. The minimum atomic E-state index is -0.0524. The van der Waals surface area contributed by atoms with Gasteiger partial charge in [0.05, 0.1) is 0 Å². The van der Waals surface area contributed by atoms with Crippen molar-refractivity contribution in [2.24, 2.45) is 17.3 Å². The molecule has 0 bridgehead atoms. The Balaban J connectivity index is 0.00000225. The topological polar surface area (TPSA) is 70.2 Å². The summed E-state index contributed by atoms with van der Waals surface area (Å²) >= 11 is 0. The SMILES string of the molecule is CC1CC1C(=O)Nc1ccc(C(=O)NCC2(C)CCNCC2)cc1.Cl. The molecule has 5 nitrogen and oxygen atoms in total. The maximum Gasteiger partial charge on any atom is 0.251 e. The number of nitrogens with one attached hydrogen (secondary N) is 3. The first-order chi connectivity index (χ1) is 11.5. The Kier molecular flexibility index (Phi) is 6.47. The van der Waals surface area contributed by atoms with E-state index < -0.39 is 0 Å². The Bertz CT molecular complexity index is 612. The number of hydrogen-bond acceptors (Lipinski definition) is 3. The van der Waals surface area contributed by atoms with Crippen LogP contribution in [0.1, 0.15) is 43.5 Å². The molecule has 1 aliphatic carbocycles. The van der Waals surface area contributed by atoms with Gasteiger partial charge in [-0.2, -0.15) is 0 Å². The molecule has 0 radical (unpaired) electrons. The lowest BCUT2D eigenvalue weighted by Gasteiger charge is -2.34. The van der Waals surface area contributed by atoms with E-state index in [-0.39, 0.29) is 35.6 Å². The standard InChI is InChI=1S/C19H27N3O2.ClH/c1-13-11-16(13)18(24)22-15-5-3-14(4-6-15)17(23)21-12-19(2)7-9-20-10-8-19;/h3-6,13,16,20H,7-12H2,1-2H3,(H,21,23)(H,22,24);1H. The first kappa shape index (κ1) is 19.7. The van der Waals surface area contributed by atoms with Gasteiger partial charge in [0.15, 0.2) is 0 Å². The number of carbonyl (C=O) groups excluding carboxylic acids is 2. The van der Waals surface area contributed by atoms with Crippen LogP contribution in [-0.4, -0.2) is 31.4 Å². The summed E-state index contributed by atoms with van der Waals surface area (Å²) in [6.07, 6.45) is 3.14. The van der Waals surface area contributed by atoms with Crippen molar-refractivity contribution in [1.82, 2.24) is 10.6 Å². The third-order valence-electron chi connectivity index (χ3n) is 5.35. The Morgan fingerprint density at radius 2 is 1.80 bits per heavy atom. The van der Waals surface area contributed by atoms with Gasteiger partial charge in [0.1, 0.15) is 0 Å². The van der Waals surface area contributed by atoms with E-state index in [9.17, 15) is 9.59 Å². The first-order valence-corrected chi connectivity index (χ1v) is 8.87. The lowest BCUT2D eigenvalue weighted by molar-refractivity contribution is -0.117. The number of piperidine rings is 1. The van der Waals surface area contributed by atoms with Crippen LogP contribution in [0.25, 0.3) is 0 Å². The molecule has 1 aliphatic heterocycles. The molecule has 25 heavy (non-hydrogen) atoms. The van der Waals surface area contributed by atoms with E-state index in [1.165, 1.54) is 0 Å². The van der Waals surface area contributed by atoms with Gasteiger partial charge in [-0.3, -0.25) is 9.59 Å². The maximum atomic E-state index is 12.3. The average Bonchev–Trinajstić information content (AvgIpc) is 3.31. The van der Waals surface area contributed by atoms with Gasteiger partial charge >= 0.3 is 0 Å². The summed E-state index contributed by atoms with van der Waals surface area (Å²) in [5, 5.41) is 9.31. The fourth-order valence-electron chi connectivity index (χ4n) is 3.23. The number of halogens is 1. The van der Waals surface area contributed by atoms with Gasteiger partial charge in [0.25, 0.3) is 5.91 Å². The van der Waals surface area contributed by atoms with Gasteiger partial charge in [0.2, 0.25) is 5.91 Å². The van der Waals surface area contributed by atoms with Crippen LogP contribution < -0.4 is 16.0 Å². The van der Waals surface area contributed by atoms with Crippen LogP contribution in [-0.2, 0) is 4.79 Å². The minimum absolute atomic E-state index is 0. The molecule has 2 atom stereocenters. The highest BCUT2D eigenvalue weighted by atomic mass is 35.5. The van der Waals surface area contributed by atoms with Crippen molar-refractivity contribution >= 4 is 29.9 Å². The van der Waals surface area contributed by atoms with Crippen LogP contribution in [0, 0.1) is 17.3 Å². The Hall–Kier alpha value is -1.59. The monoisotopic (exact) mass is 365 g/mol. The molecule has 1 aromatic carbocycles. The second-order valence-corrected chi connectivity index (χ2v) is 7.63. The zero-order chi connectivity index (χ0) is 17.2. The zero-order valence-electron chi connectivity index (χ0n) is 14.9. The number of benzene rings is 1. The summed E-state index contributed by atoms with van der Waals surface area (Å²) in [5.41, 5.74) is 1.56. The Labute approximate surface area is 155 Å². The molecule has 2 aliphatic rings. The van der Waals surface area contributed by atoms with E-state index in [4.69, 9.17) is 0 Å². The zero-order valence-corrected chi connectivity index (χ0v) is 15.7. The molecule has 0 spiro atoms. The number of carbonyl (C=O) groups is 2. The van der Waals surface area contributed by atoms with Crippen molar-refractivity contribution in [2.75, 3.05) is 25.0 Å². The van der Waals surface area contributed by atoms with Gasteiger partial charge < -0.3 is 16.0 Å². The molecule has 2 unspecified atom stereocenters. The third kappa shape index (κ3) is 5.19. The Morgan fingerprint density at radius 3 is 2.36 bits per heavy atom. The van der Waals surface area contributed by atoms with Crippen LogP contribution >= 0.6 is 12.4 Å². The smallest absolute Gasteiger partial charge is 0.251 e. The second kappa shape index (κ2) is 8.19. The highest BCUT2D eigenvalue weighted by Gasteiger charge is 2.39. The van der Waals surface area contributed by atoms with Crippen molar-refractivity contribution in [3.8, 4) is 0 Å². The van der Waals surface area contributed by atoms with Crippen molar-refractivity contribution in [3.63, 3.8) is 0 Å². The van der Waals surface area contributed by atoms with E-state index in [0.29, 0.717) is 18.0 Å². The van der Waals surface area contributed by atoms with Gasteiger partial charge in [-0.05, 0) is 68.0 Å². The lowest BCUT2D eigenvalue weighted by atomic mass is 9.81. The van der Waals surface area contributed by atoms with Crippen LogP contribution in [0.3, 0.4) is 0 Å². The minimum Gasteiger partial charge on any atom is -0.351 e. The predicted octanol–water partition coefficient (Wildman–Crippen LogP) is 2.82. The highest BCUT2D eigenvalue weighted by Crippen LogP contribution is 2.38. The summed E-state index contributed by atoms with van der Waals surface area (Å²) in [5.74, 6) is 0.673. The summed E-state index contributed by atoms with van der Waals surface area (Å²) in [4.78, 5) is 24.2. The highest BCUT2D eigenvalue weighted by molar-refractivity contribution is 5.97. The summed E-state index contributed by atoms with van der Waals surface area (Å²) < 4.78 is 0. The molecule has 3 N–H and O–H groups in total. The molecule has 1 saturated carbocycles. The van der Waals surface area contributed by atoms with Gasteiger partial charge in [0, 0.05) is 23.7 Å². The van der Waals surface area contributed by atoms with E-state index in [1.807, 2.05) is 0 Å². The number of hydrogen-bond donors (Lipinski definition) is 3. The van der Waals surface area contributed by atoms with Gasteiger partial charge in [-0.15, -0.1) is 12.4 Å². The van der Waals surface area contributed by atoms with E-state index >= 15 is 0 Å². The molecule has 1 saturated heterocycles. The third-order valence-corrected chi connectivity index (χ3v) is 5.35. The Morgan fingerprint density at radius 1 is 1.20 bits per heavy atom.